The van der Waals surface area contributed by atoms with Crippen molar-refractivity contribution in [3.05, 3.63) is 12.3 Å². The Hall–Kier alpha value is -0.540. The molecular formula is C16H26N2O. The van der Waals surface area contributed by atoms with Crippen LogP contribution in [0, 0.1) is 11.8 Å². The number of rotatable bonds is 0. The molecule has 0 unspecified atom stereocenters. The van der Waals surface area contributed by atoms with Crippen LogP contribution in [0.25, 0.3) is 0 Å². The lowest BCUT2D eigenvalue weighted by molar-refractivity contribution is -0.0699. The first-order valence-electron chi connectivity index (χ1n) is 8.04. The number of fused-ring (bicyclic) bond motifs is 6. The van der Waals surface area contributed by atoms with E-state index in [2.05, 4.69) is 16.0 Å². The van der Waals surface area contributed by atoms with E-state index >= 15 is 0 Å². The van der Waals surface area contributed by atoms with Gasteiger partial charge in [-0.3, -0.25) is 4.90 Å². The van der Waals surface area contributed by atoms with Gasteiger partial charge in [0.25, 0.3) is 0 Å². The highest BCUT2D eigenvalue weighted by atomic mass is 16.3. The average Bonchev–Trinajstić information content (AvgIpc) is 2.40. The van der Waals surface area contributed by atoms with Crippen LogP contribution in [0.3, 0.4) is 0 Å². The number of aliphatic hydroxyl groups is 1. The maximum absolute atomic E-state index is 10.3. The van der Waals surface area contributed by atoms with E-state index in [0.717, 1.165) is 24.3 Å². The molecule has 3 heteroatoms. The van der Waals surface area contributed by atoms with Crippen LogP contribution >= 0.6 is 0 Å². The fraction of sp³-hybridized carbons (Fsp3) is 0.875. The Labute approximate surface area is 116 Å². The third-order valence-corrected chi connectivity index (χ3v) is 5.95. The maximum Gasteiger partial charge on any atom is 0.0836 e. The highest BCUT2D eigenvalue weighted by molar-refractivity contribution is 5.12. The molecule has 0 aromatic carbocycles. The first-order chi connectivity index (χ1) is 9.12. The zero-order chi connectivity index (χ0) is 13.0. The third kappa shape index (κ3) is 2.02. The summed E-state index contributed by atoms with van der Waals surface area (Å²) in [6.07, 6.45) is 10.7. The van der Waals surface area contributed by atoms with E-state index in [1.165, 1.54) is 45.3 Å². The summed E-state index contributed by atoms with van der Waals surface area (Å²) in [7, 11) is 0. The molecule has 19 heavy (non-hydrogen) atoms. The molecular weight excluding hydrogens is 236 g/mol. The summed E-state index contributed by atoms with van der Waals surface area (Å²) >= 11 is 0. The van der Waals surface area contributed by atoms with Crippen molar-refractivity contribution in [2.24, 2.45) is 11.8 Å². The van der Waals surface area contributed by atoms with Gasteiger partial charge in [0.05, 0.1) is 5.60 Å². The van der Waals surface area contributed by atoms with Gasteiger partial charge in [-0.25, -0.2) is 0 Å². The van der Waals surface area contributed by atoms with Crippen molar-refractivity contribution in [2.75, 3.05) is 19.6 Å². The van der Waals surface area contributed by atoms with Crippen molar-refractivity contribution < 1.29 is 5.11 Å². The molecule has 0 spiro atoms. The van der Waals surface area contributed by atoms with Crippen molar-refractivity contribution in [2.45, 2.75) is 56.7 Å². The Morgan fingerprint density at radius 3 is 2.89 bits per heavy atom. The number of hydrogen-bond acceptors (Lipinski definition) is 3. The summed E-state index contributed by atoms with van der Waals surface area (Å²) in [5, 5.41) is 10.3. The number of hydrogen-bond donors (Lipinski definition) is 1. The van der Waals surface area contributed by atoms with Gasteiger partial charge in [0.2, 0.25) is 0 Å². The molecule has 5 atom stereocenters. The van der Waals surface area contributed by atoms with Gasteiger partial charge in [-0.2, -0.15) is 0 Å². The lowest BCUT2D eigenvalue weighted by atomic mass is 9.70. The zero-order valence-electron chi connectivity index (χ0n) is 12.0. The van der Waals surface area contributed by atoms with Gasteiger partial charge in [0, 0.05) is 31.6 Å². The largest absolute Gasteiger partial charge is 0.386 e. The third-order valence-electron chi connectivity index (χ3n) is 5.95. The summed E-state index contributed by atoms with van der Waals surface area (Å²) in [6, 6.07) is 1.42. The minimum Gasteiger partial charge on any atom is -0.386 e. The van der Waals surface area contributed by atoms with Crippen LogP contribution in [0.15, 0.2) is 12.3 Å². The lowest BCUT2D eigenvalue weighted by Gasteiger charge is -2.57. The molecule has 0 aromatic heterocycles. The van der Waals surface area contributed by atoms with Crippen molar-refractivity contribution >= 4 is 0 Å². The Morgan fingerprint density at radius 2 is 2.00 bits per heavy atom. The fourth-order valence-electron chi connectivity index (χ4n) is 5.05. The first-order valence-corrected chi connectivity index (χ1v) is 8.04. The van der Waals surface area contributed by atoms with Gasteiger partial charge in [-0.05, 0) is 56.8 Å². The molecule has 4 rings (SSSR count). The first kappa shape index (κ1) is 12.2. The quantitative estimate of drug-likeness (QED) is 0.721. The Balaban J connectivity index is 1.59. The van der Waals surface area contributed by atoms with E-state index in [1.54, 1.807) is 0 Å². The fourth-order valence-corrected chi connectivity index (χ4v) is 5.05. The van der Waals surface area contributed by atoms with Crippen molar-refractivity contribution in [1.82, 2.24) is 9.80 Å². The molecule has 0 saturated carbocycles. The van der Waals surface area contributed by atoms with Gasteiger partial charge in [-0.15, -0.1) is 0 Å². The Morgan fingerprint density at radius 1 is 1.16 bits per heavy atom. The minimum atomic E-state index is -0.591. The van der Waals surface area contributed by atoms with Crippen LogP contribution in [-0.2, 0) is 0 Å². The van der Waals surface area contributed by atoms with Gasteiger partial charge in [0.1, 0.15) is 0 Å². The standard InChI is InChI=1S/C16H26N2O/c1-16(19)5-7-18-10-12-8-13(15(18)9-16)11-17-6-3-2-4-14(12)17/h5,7,12-15,19H,2-4,6,8-11H2,1H3/t12-,13-,14-,15+,16+/m0/s1. The second-order valence-corrected chi connectivity index (χ2v) is 7.46. The van der Waals surface area contributed by atoms with E-state index in [4.69, 9.17) is 0 Å². The number of piperidine rings is 3. The van der Waals surface area contributed by atoms with Gasteiger partial charge in [0.15, 0.2) is 0 Å². The second kappa shape index (κ2) is 4.23. The van der Waals surface area contributed by atoms with E-state index in [-0.39, 0.29) is 0 Å². The van der Waals surface area contributed by atoms with Gasteiger partial charge in [-0.1, -0.05) is 6.42 Å². The molecule has 0 amide bonds. The summed E-state index contributed by atoms with van der Waals surface area (Å²) in [5.74, 6) is 1.63. The predicted octanol–water partition coefficient (Wildman–Crippen LogP) is 1.83. The van der Waals surface area contributed by atoms with Crippen LogP contribution in [-0.4, -0.2) is 52.2 Å². The summed E-state index contributed by atoms with van der Waals surface area (Å²) in [6.45, 7) is 5.76. The van der Waals surface area contributed by atoms with Crippen LogP contribution in [0.5, 0.6) is 0 Å². The molecule has 3 saturated heterocycles. The normalized spacial score (nSPS) is 49.7. The van der Waals surface area contributed by atoms with Crippen LogP contribution in [0.1, 0.15) is 39.0 Å². The Bertz CT molecular complexity index is 392. The molecule has 3 fully saturated rings. The monoisotopic (exact) mass is 262 g/mol. The highest BCUT2D eigenvalue weighted by Gasteiger charge is 2.47. The SMILES string of the molecule is C[C@@]1(O)C=CN2C[C@@H]3C[C@@H](CN4CCCC[C@@H]34)[C@H]2C1. The van der Waals surface area contributed by atoms with Crippen molar-refractivity contribution in [3.63, 3.8) is 0 Å². The zero-order valence-corrected chi connectivity index (χ0v) is 12.0. The van der Waals surface area contributed by atoms with Gasteiger partial charge < -0.3 is 10.0 Å². The molecule has 4 heterocycles. The summed E-state index contributed by atoms with van der Waals surface area (Å²) in [4.78, 5) is 5.31. The van der Waals surface area contributed by atoms with Crippen molar-refractivity contribution in [3.8, 4) is 0 Å². The topological polar surface area (TPSA) is 26.7 Å². The van der Waals surface area contributed by atoms with Crippen LogP contribution < -0.4 is 0 Å². The van der Waals surface area contributed by atoms with Crippen LogP contribution in [0.4, 0.5) is 0 Å². The number of nitrogens with zero attached hydrogens (tertiary/aromatic N) is 2. The molecule has 2 bridgehead atoms. The summed E-state index contributed by atoms with van der Waals surface area (Å²) < 4.78 is 0. The highest BCUT2D eigenvalue weighted by Crippen LogP contribution is 2.43. The maximum atomic E-state index is 10.3. The average molecular weight is 262 g/mol. The minimum absolute atomic E-state index is 0.569. The van der Waals surface area contributed by atoms with E-state index in [9.17, 15) is 5.11 Å². The molecule has 0 radical (unpaired) electrons. The summed E-state index contributed by atoms with van der Waals surface area (Å²) in [5.41, 5.74) is -0.591. The van der Waals surface area contributed by atoms with Crippen LogP contribution in [0.2, 0.25) is 0 Å². The van der Waals surface area contributed by atoms with E-state index in [1.807, 2.05) is 13.0 Å². The molecule has 0 aromatic rings. The lowest BCUT2D eigenvalue weighted by Crippen LogP contribution is -2.63. The van der Waals surface area contributed by atoms with Crippen molar-refractivity contribution in [1.29, 1.82) is 0 Å². The van der Waals surface area contributed by atoms with E-state index in [0.29, 0.717) is 6.04 Å². The second-order valence-electron chi connectivity index (χ2n) is 7.46. The molecule has 106 valence electrons. The predicted molar refractivity (Wildman–Crippen MR) is 75.7 cm³/mol. The van der Waals surface area contributed by atoms with E-state index < -0.39 is 5.60 Å². The smallest absolute Gasteiger partial charge is 0.0836 e. The Kier molecular flexibility index (Phi) is 2.72. The molecule has 3 nitrogen and oxygen atoms in total. The van der Waals surface area contributed by atoms with Gasteiger partial charge >= 0.3 is 0 Å². The molecule has 1 N–H and O–H groups in total. The molecule has 0 aliphatic carbocycles. The molecule has 4 aliphatic rings. The molecule has 4 aliphatic heterocycles.